The van der Waals surface area contributed by atoms with Crippen molar-refractivity contribution in [2.24, 2.45) is 0 Å². The van der Waals surface area contributed by atoms with Gasteiger partial charge in [0.2, 0.25) is 0 Å². The first kappa shape index (κ1) is 23.6. The van der Waals surface area contributed by atoms with E-state index in [4.69, 9.17) is 9.47 Å². The average molecular weight is 478 g/mol. The maximum atomic E-state index is 13.4. The number of Topliss-reactive ketones (excluding diaryl/α,β-unsaturated/α-hetero) is 1. The lowest BCUT2D eigenvalue weighted by atomic mass is 9.97. The van der Waals surface area contributed by atoms with Gasteiger partial charge in [0.15, 0.2) is 0 Å². The second kappa shape index (κ2) is 9.73. The third-order valence-electron chi connectivity index (χ3n) is 5.69. The molecule has 0 radical (unpaired) electrons. The topological polar surface area (TPSA) is 76.1 Å². The fourth-order valence-electron chi connectivity index (χ4n) is 4.16. The van der Waals surface area contributed by atoms with Gasteiger partial charge in [0, 0.05) is 16.6 Å². The molecule has 1 amide bonds. The van der Waals surface area contributed by atoms with Gasteiger partial charge in [0.05, 0.1) is 24.4 Å². The van der Waals surface area contributed by atoms with Crippen LogP contribution in [0.15, 0.2) is 59.5 Å². The summed E-state index contributed by atoms with van der Waals surface area (Å²) in [7, 11) is 0. The number of hydrogen-bond acceptors (Lipinski definition) is 6. The third-order valence-corrected chi connectivity index (χ3v) is 6.76. The molecule has 176 valence electrons. The van der Waals surface area contributed by atoms with Crippen molar-refractivity contribution in [3.05, 3.63) is 81.1 Å². The zero-order valence-corrected chi connectivity index (χ0v) is 20.4. The molecule has 6 nitrogen and oxygen atoms in total. The summed E-state index contributed by atoms with van der Waals surface area (Å²) in [6.07, 6.45) is 0. The van der Waals surface area contributed by atoms with Gasteiger partial charge in [0.25, 0.3) is 11.7 Å². The van der Waals surface area contributed by atoms with E-state index >= 15 is 0 Å². The summed E-state index contributed by atoms with van der Waals surface area (Å²) >= 11 is 1.45. The van der Waals surface area contributed by atoms with Gasteiger partial charge in [-0.25, -0.2) is 0 Å². The van der Waals surface area contributed by atoms with Gasteiger partial charge in [-0.05, 0) is 74.5 Å². The minimum Gasteiger partial charge on any atom is -0.507 e. The highest BCUT2D eigenvalue weighted by Crippen LogP contribution is 2.46. The Morgan fingerprint density at radius 2 is 1.79 bits per heavy atom. The van der Waals surface area contributed by atoms with Gasteiger partial charge in [-0.2, -0.15) is 0 Å². The first-order chi connectivity index (χ1) is 16.4. The van der Waals surface area contributed by atoms with Crippen molar-refractivity contribution in [1.82, 2.24) is 0 Å². The highest BCUT2D eigenvalue weighted by atomic mass is 32.1. The molecule has 1 N–H and O–H groups in total. The van der Waals surface area contributed by atoms with Crippen LogP contribution < -0.4 is 14.4 Å². The monoisotopic (exact) mass is 477 g/mol. The Labute approximate surface area is 203 Å². The largest absolute Gasteiger partial charge is 0.507 e. The van der Waals surface area contributed by atoms with Crippen LogP contribution in [0.2, 0.25) is 0 Å². The maximum Gasteiger partial charge on any atom is 0.300 e. The van der Waals surface area contributed by atoms with E-state index in [2.05, 4.69) is 0 Å². The number of rotatable bonds is 7. The zero-order valence-electron chi connectivity index (χ0n) is 19.6. The molecular weight excluding hydrogens is 450 g/mol. The van der Waals surface area contributed by atoms with Crippen molar-refractivity contribution in [3.63, 3.8) is 0 Å². The number of anilines is 1. The molecule has 7 heteroatoms. The summed E-state index contributed by atoms with van der Waals surface area (Å²) in [5, 5.41) is 13.4. The predicted molar refractivity (Wildman–Crippen MR) is 134 cm³/mol. The number of aliphatic hydroxyl groups is 1. The smallest absolute Gasteiger partial charge is 0.300 e. The van der Waals surface area contributed by atoms with E-state index in [1.54, 1.807) is 24.3 Å². The Morgan fingerprint density at radius 3 is 2.44 bits per heavy atom. The second-order valence-electron chi connectivity index (χ2n) is 8.00. The number of nitrogens with zero attached hydrogens (tertiary/aromatic N) is 1. The van der Waals surface area contributed by atoms with Crippen molar-refractivity contribution in [2.75, 3.05) is 18.1 Å². The van der Waals surface area contributed by atoms with Gasteiger partial charge in [-0.3, -0.25) is 14.5 Å². The summed E-state index contributed by atoms with van der Waals surface area (Å²) in [5.41, 5.74) is 2.90. The molecule has 4 rings (SSSR count). The van der Waals surface area contributed by atoms with Crippen molar-refractivity contribution in [3.8, 4) is 11.5 Å². The van der Waals surface area contributed by atoms with Crippen LogP contribution in [0.4, 0.5) is 5.69 Å². The molecule has 1 atom stereocenters. The molecule has 1 aliphatic rings. The number of benzene rings is 2. The fourth-order valence-corrected chi connectivity index (χ4v) is 5.19. The summed E-state index contributed by atoms with van der Waals surface area (Å²) < 4.78 is 11.3. The number of amides is 1. The SMILES string of the molecule is CCOc1ccc(/C(O)=C2\C(=O)C(=O)N(c3cccc(C)c3)C2c2sccc2C)c(OCC)c1. The minimum absolute atomic E-state index is 0.0437. The average Bonchev–Trinajstić information content (AvgIpc) is 3.34. The van der Waals surface area contributed by atoms with Gasteiger partial charge in [-0.15, -0.1) is 11.3 Å². The quantitative estimate of drug-likeness (QED) is 0.265. The van der Waals surface area contributed by atoms with Crippen LogP contribution in [-0.4, -0.2) is 30.0 Å². The predicted octanol–water partition coefficient (Wildman–Crippen LogP) is 5.79. The fraction of sp³-hybridized carbons (Fsp3) is 0.259. The summed E-state index contributed by atoms with van der Waals surface area (Å²) in [5.74, 6) is -0.692. The number of ketones is 1. The Morgan fingerprint density at radius 1 is 1.03 bits per heavy atom. The molecule has 1 aliphatic heterocycles. The van der Waals surface area contributed by atoms with E-state index in [9.17, 15) is 14.7 Å². The second-order valence-corrected chi connectivity index (χ2v) is 8.95. The van der Waals surface area contributed by atoms with Crippen molar-refractivity contribution < 1.29 is 24.2 Å². The van der Waals surface area contributed by atoms with Crippen LogP contribution in [0.3, 0.4) is 0 Å². The minimum atomic E-state index is -0.747. The van der Waals surface area contributed by atoms with Crippen LogP contribution in [0.25, 0.3) is 5.76 Å². The molecule has 2 heterocycles. The molecule has 34 heavy (non-hydrogen) atoms. The Hall–Kier alpha value is -3.58. The van der Waals surface area contributed by atoms with Crippen LogP contribution >= 0.6 is 11.3 Å². The summed E-state index contributed by atoms with van der Waals surface area (Å²) in [6.45, 7) is 8.43. The van der Waals surface area contributed by atoms with Crippen molar-refractivity contribution in [1.29, 1.82) is 0 Å². The number of aliphatic hydroxyl groups excluding tert-OH is 1. The molecule has 0 spiro atoms. The molecule has 0 aliphatic carbocycles. The normalized spacial score (nSPS) is 17.3. The molecular formula is C27H27NO5S. The maximum absolute atomic E-state index is 13.4. The highest BCUT2D eigenvalue weighted by Gasteiger charge is 2.48. The van der Waals surface area contributed by atoms with Gasteiger partial charge in [0.1, 0.15) is 23.3 Å². The van der Waals surface area contributed by atoms with Gasteiger partial charge in [-0.1, -0.05) is 12.1 Å². The first-order valence-corrected chi connectivity index (χ1v) is 12.1. The lowest BCUT2D eigenvalue weighted by molar-refractivity contribution is -0.132. The van der Waals surface area contributed by atoms with Gasteiger partial charge >= 0.3 is 0 Å². The number of aryl methyl sites for hydroxylation is 2. The molecule has 0 saturated carbocycles. The molecule has 1 unspecified atom stereocenters. The highest BCUT2D eigenvalue weighted by molar-refractivity contribution is 7.10. The lowest BCUT2D eigenvalue weighted by Gasteiger charge is -2.25. The van der Waals surface area contributed by atoms with Crippen LogP contribution in [0.5, 0.6) is 11.5 Å². The third kappa shape index (κ3) is 4.19. The molecule has 1 saturated heterocycles. The molecule has 1 fully saturated rings. The lowest BCUT2D eigenvalue weighted by Crippen LogP contribution is -2.29. The Bertz CT molecular complexity index is 1280. The van der Waals surface area contributed by atoms with Crippen LogP contribution in [-0.2, 0) is 9.59 Å². The number of ether oxygens (including phenoxy) is 2. The van der Waals surface area contributed by atoms with Crippen LogP contribution in [0.1, 0.15) is 41.5 Å². The van der Waals surface area contributed by atoms with Gasteiger partial charge < -0.3 is 14.6 Å². The summed E-state index contributed by atoms with van der Waals surface area (Å²) in [4.78, 5) is 29.0. The molecule has 2 aromatic carbocycles. The molecule has 3 aromatic rings. The van der Waals surface area contributed by atoms with Crippen LogP contribution in [0, 0.1) is 13.8 Å². The number of carbonyl (C=O) groups excluding carboxylic acids is 2. The number of hydrogen-bond donors (Lipinski definition) is 1. The first-order valence-electron chi connectivity index (χ1n) is 11.2. The number of thiophene rings is 1. The Kier molecular flexibility index (Phi) is 6.75. The molecule has 0 bridgehead atoms. The Balaban J connectivity index is 1.94. The van der Waals surface area contributed by atoms with E-state index in [1.807, 2.05) is 57.3 Å². The van der Waals surface area contributed by atoms with Crippen molar-refractivity contribution in [2.45, 2.75) is 33.7 Å². The standard InChI is InChI=1S/C27H27NO5S/c1-5-32-19-10-11-20(21(15-19)33-6-2)24(29)22-23(26-17(4)12-13-34-26)28(27(31)25(22)30)18-9-7-8-16(3)14-18/h7-15,23,29H,5-6H2,1-4H3/b24-22+. The summed E-state index contributed by atoms with van der Waals surface area (Å²) in [6, 6.07) is 13.7. The van der Waals surface area contributed by atoms with E-state index in [0.29, 0.717) is 36.0 Å². The number of carbonyl (C=O) groups is 2. The van der Waals surface area contributed by atoms with E-state index in [0.717, 1.165) is 16.0 Å². The van der Waals surface area contributed by atoms with E-state index in [1.165, 1.54) is 16.2 Å². The molecule has 1 aromatic heterocycles. The van der Waals surface area contributed by atoms with Crippen molar-refractivity contribution >= 4 is 34.5 Å². The van der Waals surface area contributed by atoms with E-state index in [-0.39, 0.29) is 11.3 Å². The van der Waals surface area contributed by atoms with E-state index < -0.39 is 17.7 Å². The zero-order chi connectivity index (χ0) is 24.4.